The van der Waals surface area contributed by atoms with E-state index in [9.17, 15) is 13.2 Å². The van der Waals surface area contributed by atoms with E-state index in [2.05, 4.69) is 10.2 Å². The molecule has 28 heavy (non-hydrogen) atoms. The molecule has 150 valence electrons. The Morgan fingerprint density at radius 1 is 0.964 bits per heavy atom. The Morgan fingerprint density at radius 3 is 2.21 bits per heavy atom. The van der Waals surface area contributed by atoms with Gasteiger partial charge in [0, 0.05) is 44.8 Å². The third-order valence-corrected chi connectivity index (χ3v) is 6.78. The molecular formula is C21H27N3O3S. The summed E-state index contributed by atoms with van der Waals surface area (Å²) in [5.74, 6) is -0.0480. The molecule has 0 spiro atoms. The zero-order valence-corrected chi connectivity index (χ0v) is 17.0. The van der Waals surface area contributed by atoms with E-state index in [1.54, 1.807) is 28.6 Å². The lowest BCUT2D eigenvalue weighted by Gasteiger charge is -2.34. The van der Waals surface area contributed by atoms with Crippen molar-refractivity contribution in [2.24, 2.45) is 0 Å². The van der Waals surface area contributed by atoms with Crippen molar-refractivity contribution in [3.05, 3.63) is 65.7 Å². The second-order valence-electron chi connectivity index (χ2n) is 6.95. The van der Waals surface area contributed by atoms with Crippen molar-refractivity contribution in [1.82, 2.24) is 14.5 Å². The summed E-state index contributed by atoms with van der Waals surface area (Å²) in [6.45, 7) is 5.78. The number of hydrogen-bond donors (Lipinski definition) is 1. The molecule has 1 aliphatic rings. The maximum Gasteiger partial charge on any atom is 0.251 e. The second kappa shape index (κ2) is 9.32. The number of piperazine rings is 1. The Bertz CT molecular complexity index is 875. The average Bonchev–Trinajstić information content (AvgIpc) is 2.73. The lowest BCUT2D eigenvalue weighted by Crippen LogP contribution is -2.48. The smallest absolute Gasteiger partial charge is 0.251 e. The maximum atomic E-state index is 12.7. The minimum absolute atomic E-state index is 0.0480. The molecule has 0 aliphatic carbocycles. The van der Waals surface area contributed by atoms with Gasteiger partial charge in [0.25, 0.3) is 5.91 Å². The van der Waals surface area contributed by atoms with Gasteiger partial charge in [-0.2, -0.15) is 4.31 Å². The number of rotatable bonds is 7. The van der Waals surface area contributed by atoms with Gasteiger partial charge in [-0.1, -0.05) is 37.3 Å². The van der Waals surface area contributed by atoms with Gasteiger partial charge in [-0.15, -0.1) is 0 Å². The molecule has 1 aliphatic heterocycles. The summed E-state index contributed by atoms with van der Waals surface area (Å²) in [4.78, 5) is 14.6. The van der Waals surface area contributed by atoms with Gasteiger partial charge in [-0.05, 0) is 36.2 Å². The average molecular weight is 402 g/mol. The van der Waals surface area contributed by atoms with Crippen molar-refractivity contribution in [3.63, 3.8) is 0 Å². The van der Waals surface area contributed by atoms with E-state index in [0.29, 0.717) is 43.2 Å². The lowest BCUT2D eigenvalue weighted by atomic mass is 10.1. The number of hydrogen-bond acceptors (Lipinski definition) is 4. The predicted molar refractivity (Wildman–Crippen MR) is 110 cm³/mol. The Labute approximate surface area is 167 Å². The van der Waals surface area contributed by atoms with Crippen molar-refractivity contribution in [3.8, 4) is 0 Å². The van der Waals surface area contributed by atoms with E-state index in [1.807, 2.05) is 37.3 Å². The number of sulfonamides is 1. The molecule has 1 N–H and O–H groups in total. The standard InChI is InChI=1S/C21H27N3O3S/c1-2-12-22-21(25)19-10-8-18(9-11-19)17-23-13-15-24(16-14-23)28(26,27)20-6-4-3-5-7-20/h3-11H,2,12-17H2,1H3,(H,22,25). The van der Waals surface area contributed by atoms with Crippen LogP contribution < -0.4 is 5.32 Å². The summed E-state index contributed by atoms with van der Waals surface area (Å²) in [7, 11) is -3.42. The van der Waals surface area contributed by atoms with Crippen LogP contribution in [0.4, 0.5) is 0 Å². The van der Waals surface area contributed by atoms with Gasteiger partial charge in [0.1, 0.15) is 0 Å². The molecule has 1 saturated heterocycles. The van der Waals surface area contributed by atoms with Gasteiger partial charge in [-0.3, -0.25) is 9.69 Å². The summed E-state index contributed by atoms with van der Waals surface area (Å²) in [6, 6.07) is 16.2. The van der Waals surface area contributed by atoms with Gasteiger partial charge in [0.15, 0.2) is 0 Å². The van der Waals surface area contributed by atoms with Gasteiger partial charge in [0.2, 0.25) is 10.0 Å². The molecule has 6 nitrogen and oxygen atoms in total. The minimum atomic E-state index is -3.42. The number of nitrogens with one attached hydrogen (secondary N) is 1. The highest BCUT2D eigenvalue weighted by Crippen LogP contribution is 2.18. The van der Waals surface area contributed by atoms with E-state index in [-0.39, 0.29) is 5.91 Å². The van der Waals surface area contributed by atoms with Gasteiger partial charge in [-0.25, -0.2) is 8.42 Å². The largest absolute Gasteiger partial charge is 0.352 e. The Balaban J connectivity index is 1.54. The molecule has 0 radical (unpaired) electrons. The van der Waals surface area contributed by atoms with Gasteiger partial charge < -0.3 is 5.32 Å². The molecule has 1 heterocycles. The van der Waals surface area contributed by atoms with Crippen molar-refractivity contribution in [1.29, 1.82) is 0 Å². The molecule has 2 aromatic rings. The Kier molecular flexibility index (Phi) is 6.83. The normalized spacial score (nSPS) is 16.0. The SMILES string of the molecule is CCCNC(=O)c1ccc(CN2CCN(S(=O)(=O)c3ccccc3)CC2)cc1. The van der Waals surface area contributed by atoms with Crippen LogP contribution in [0, 0.1) is 0 Å². The number of carbonyl (C=O) groups is 1. The molecular weight excluding hydrogens is 374 g/mol. The van der Waals surface area contributed by atoms with Crippen LogP contribution in [0.3, 0.4) is 0 Å². The zero-order valence-electron chi connectivity index (χ0n) is 16.2. The highest BCUT2D eigenvalue weighted by atomic mass is 32.2. The fourth-order valence-electron chi connectivity index (χ4n) is 3.23. The summed E-state index contributed by atoms with van der Waals surface area (Å²) in [5, 5.41) is 2.87. The molecule has 0 atom stereocenters. The van der Waals surface area contributed by atoms with Crippen LogP contribution in [0.5, 0.6) is 0 Å². The fourth-order valence-corrected chi connectivity index (χ4v) is 4.67. The predicted octanol–water partition coefficient (Wildman–Crippen LogP) is 2.33. The third-order valence-electron chi connectivity index (χ3n) is 4.87. The number of benzene rings is 2. The molecule has 1 fully saturated rings. The number of amides is 1. The van der Waals surface area contributed by atoms with Crippen LogP contribution in [0.2, 0.25) is 0 Å². The van der Waals surface area contributed by atoms with E-state index < -0.39 is 10.0 Å². The van der Waals surface area contributed by atoms with E-state index >= 15 is 0 Å². The summed E-state index contributed by atoms with van der Waals surface area (Å²) >= 11 is 0. The van der Waals surface area contributed by atoms with Gasteiger partial charge >= 0.3 is 0 Å². The minimum Gasteiger partial charge on any atom is -0.352 e. The van der Waals surface area contributed by atoms with Gasteiger partial charge in [0.05, 0.1) is 4.90 Å². The Hall–Kier alpha value is -2.22. The molecule has 1 amide bonds. The first-order chi connectivity index (χ1) is 13.5. The first kappa shape index (κ1) is 20.5. The van der Waals surface area contributed by atoms with Crippen molar-refractivity contribution < 1.29 is 13.2 Å². The van der Waals surface area contributed by atoms with Crippen molar-refractivity contribution in [2.45, 2.75) is 24.8 Å². The first-order valence-electron chi connectivity index (χ1n) is 9.65. The summed E-state index contributed by atoms with van der Waals surface area (Å²) < 4.78 is 27.0. The van der Waals surface area contributed by atoms with Crippen LogP contribution >= 0.6 is 0 Å². The first-order valence-corrected chi connectivity index (χ1v) is 11.1. The van der Waals surface area contributed by atoms with E-state index in [0.717, 1.165) is 18.5 Å². The van der Waals surface area contributed by atoms with E-state index in [4.69, 9.17) is 0 Å². The third kappa shape index (κ3) is 4.98. The lowest BCUT2D eigenvalue weighted by molar-refractivity contribution is 0.0953. The monoisotopic (exact) mass is 401 g/mol. The zero-order chi connectivity index (χ0) is 20.0. The highest BCUT2D eigenvalue weighted by molar-refractivity contribution is 7.89. The molecule has 3 rings (SSSR count). The van der Waals surface area contributed by atoms with E-state index in [1.165, 1.54) is 0 Å². The molecule has 7 heteroatoms. The maximum absolute atomic E-state index is 12.7. The van der Waals surface area contributed by atoms with Crippen LogP contribution in [0.1, 0.15) is 29.3 Å². The van der Waals surface area contributed by atoms with Crippen molar-refractivity contribution in [2.75, 3.05) is 32.7 Å². The number of nitrogens with zero attached hydrogens (tertiary/aromatic N) is 2. The summed E-state index contributed by atoms with van der Waals surface area (Å²) in [5.41, 5.74) is 1.78. The molecule has 0 saturated carbocycles. The van der Waals surface area contributed by atoms with Crippen LogP contribution in [0.25, 0.3) is 0 Å². The number of carbonyl (C=O) groups excluding carboxylic acids is 1. The quantitative estimate of drug-likeness (QED) is 0.773. The fraction of sp³-hybridized carbons (Fsp3) is 0.381. The summed E-state index contributed by atoms with van der Waals surface area (Å²) in [6.07, 6.45) is 0.912. The van der Waals surface area contributed by atoms with Crippen LogP contribution in [-0.2, 0) is 16.6 Å². The topological polar surface area (TPSA) is 69.7 Å². The molecule has 0 unspecified atom stereocenters. The molecule has 0 bridgehead atoms. The second-order valence-corrected chi connectivity index (χ2v) is 8.88. The van der Waals surface area contributed by atoms with Crippen LogP contribution in [0.15, 0.2) is 59.5 Å². The molecule has 0 aromatic heterocycles. The molecule has 2 aromatic carbocycles. The highest BCUT2D eigenvalue weighted by Gasteiger charge is 2.28. The van der Waals surface area contributed by atoms with Crippen LogP contribution in [-0.4, -0.2) is 56.3 Å². The Morgan fingerprint density at radius 2 is 1.61 bits per heavy atom. The van der Waals surface area contributed by atoms with Crippen molar-refractivity contribution >= 4 is 15.9 Å².